The maximum Gasteiger partial charge on any atom is 0.274 e. The van der Waals surface area contributed by atoms with E-state index in [1.165, 1.54) is 0 Å². The van der Waals surface area contributed by atoms with E-state index in [1.807, 2.05) is 36.4 Å². The van der Waals surface area contributed by atoms with Crippen LogP contribution in [0.4, 0.5) is 17.1 Å². The molecule has 0 radical (unpaired) electrons. The highest BCUT2D eigenvalue weighted by Crippen LogP contribution is 2.34. The monoisotopic (exact) mass is 333 g/mol. The molecule has 3 aromatic rings. The largest absolute Gasteiger partial charge is 0.454 e. The van der Waals surface area contributed by atoms with Gasteiger partial charge in [-0.1, -0.05) is 18.2 Å². The molecule has 0 unspecified atom stereocenters. The molecule has 1 aliphatic heterocycles. The van der Waals surface area contributed by atoms with Gasteiger partial charge in [0.05, 0.1) is 0 Å². The smallest absolute Gasteiger partial charge is 0.274 e. The van der Waals surface area contributed by atoms with E-state index >= 15 is 0 Å². The van der Waals surface area contributed by atoms with Gasteiger partial charge in [-0.15, -0.1) is 0 Å². The zero-order chi connectivity index (χ0) is 17.1. The maximum absolute atomic E-state index is 12.4. The number of nitrogens with one attached hydrogen (secondary N) is 2. The minimum Gasteiger partial charge on any atom is -0.454 e. The molecular formula is C19H15N3O3. The van der Waals surface area contributed by atoms with E-state index in [0.29, 0.717) is 22.9 Å². The molecule has 1 amide bonds. The Labute approximate surface area is 144 Å². The van der Waals surface area contributed by atoms with Crippen LogP contribution in [0.5, 0.6) is 11.5 Å². The van der Waals surface area contributed by atoms with E-state index in [-0.39, 0.29) is 12.7 Å². The number of fused-ring (bicyclic) bond motifs is 1. The molecule has 6 heteroatoms. The van der Waals surface area contributed by atoms with Crippen LogP contribution in [0.2, 0.25) is 0 Å². The first-order valence-corrected chi connectivity index (χ1v) is 7.77. The quantitative estimate of drug-likeness (QED) is 0.760. The first-order valence-electron chi connectivity index (χ1n) is 7.77. The predicted molar refractivity (Wildman–Crippen MR) is 94.5 cm³/mol. The Kier molecular flexibility index (Phi) is 3.92. The number of ether oxygens (including phenoxy) is 2. The van der Waals surface area contributed by atoms with Crippen LogP contribution in [0.1, 0.15) is 10.5 Å². The Hall–Kier alpha value is -3.54. The number of carbonyl (C=O) groups is 1. The first-order chi connectivity index (χ1) is 12.3. The van der Waals surface area contributed by atoms with Crippen molar-refractivity contribution >= 4 is 23.0 Å². The summed E-state index contributed by atoms with van der Waals surface area (Å²) in [7, 11) is 0. The molecule has 0 aliphatic carbocycles. The zero-order valence-corrected chi connectivity index (χ0v) is 13.2. The molecule has 1 aromatic heterocycles. The SMILES string of the molecule is O=C(Nc1ccc2c(c1)OCO2)c1cc(Nc2ccccc2)ccn1. The number of carbonyl (C=O) groups excluding carboxylic acids is 1. The minimum atomic E-state index is -0.296. The third-order valence-corrected chi connectivity index (χ3v) is 3.69. The topological polar surface area (TPSA) is 72.5 Å². The highest BCUT2D eigenvalue weighted by Gasteiger charge is 2.15. The van der Waals surface area contributed by atoms with E-state index in [4.69, 9.17) is 9.47 Å². The summed E-state index contributed by atoms with van der Waals surface area (Å²) in [6.45, 7) is 0.196. The molecule has 0 spiro atoms. The molecular weight excluding hydrogens is 318 g/mol. The molecule has 2 N–H and O–H groups in total. The fraction of sp³-hybridized carbons (Fsp3) is 0.0526. The Morgan fingerprint density at radius 2 is 1.72 bits per heavy atom. The van der Waals surface area contributed by atoms with Crippen molar-refractivity contribution in [2.75, 3.05) is 17.4 Å². The van der Waals surface area contributed by atoms with Gasteiger partial charge in [0, 0.05) is 29.3 Å². The van der Waals surface area contributed by atoms with Gasteiger partial charge in [-0.2, -0.15) is 0 Å². The number of para-hydroxylation sites is 1. The molecule has 2 heterocycles. The number of benzene rings is 2. The first kappa shape index (κ1) is 15.0. The van der Waals surface area contributed by atoms with Gasteiger partial charge < -0.3 is 20.1 Å². The van der Waals surface area contributed by atoms with Crippen LogP contribution in [0.25, 0.3) is 0 Å². The van der Waals surface area contributed by atoms with Crippen LogP contribution in [0.15, 0.2) is 66.9 Å². The average Bonchev–Trinajstić information content (AvgIpc) is 3.10. The van der Waals surface area contributed by atoms with Crippen LogP contribution in [-0.4, -0.2) is 17.7 Å². The van der Waals surface area contributed by atoms with Crippen LogP contribution in [0.3, 0.4) is 0 Å². The standard InChI is InChI=1S/C19H15N3O3/c23-19(22-14-6-7-17-18(11-14)25-12-24-17)16-10-15(8-9-20-16)21-13-4-2-1-3-5-13/h1-11H,12H2,(H,20,21)(H,22,23). The van der Waals surface area contributed by atoms with Crippen molar-refractivity contribution in [1.82, 2.24) is 4.98 Å². The van der Waals surface area contributed by atoms with Crippen LogP contribution in [-0.2, 0) is 0 Å². The maximum atomic E-state index is 12.4. The fourth-order valence-corrected chi connectivity index (χ4v) is 2.49. The Balaban J connectivity index is 1.49. The van der Waals surface area contributed by atoms with Gasteiger partial charge in [-0.3, -0.25) is 9.78 Å². The van der Waals surface area contributed by atoms with E-state index in [9.17, 15) is 4.79 Å². The molecule has 25 heavy (non-hydrogen) atoms. The fourth-order valence-electron chi connectivity index (χ4n) is 2.49. The summed E-state index contributed by atoms with van der Waals surface area (Å²) in [5.41, 5.74) is 2.67. The van der Waals surface area contributed by atoms with Crippen molar-refractivity contribution < 1.29 is 14.3 Å². The lowest BCUT2D eigenvalue weighted by molar-refractivity contribution is 0.102. The number of pyridine rings is 1. The van der Waals surface area contributed by atoms with Crippen molar-refractivity contribution in [1.29, 1.82) is 0 Å². The molecule has 4 rings (SSSR count). The number of nitrogens with zero attached hydrogens (tertiary/aromatic N) is 1. The number of rotatable bonds is 4. The Bertz CT molecular complexity index is 913. The third kappa shape index (κ3) is 3.37. The highest BCUT2D eigenvalue weighted by molar-refractivity contribution is 6.03. The molecule has 6 nitrogen and oxygen atoms in total. The summed E-state index contributed by atoms with van der Waals surface area (Å²) in [5.74, 6) is 0.992. The van der Waals surface area contributed by atoms with Gasteiger partial charge in [-0.25, -0.2) is 0 Å². The lowest BCUT2D eigenvalue weighted by Crippen LogP contribution is -2.13. The van der Waals surface area contributed by atoms with Crippen LogP contribution < -0.4 is 20.1 Å². The van der Waals surface area contributed by atoms with E-state index in [2.05, 4.69) is 15.6 Å². The molecule has 0 saturated carbocycles. The van der Waals surface area contributed by atoms with Crippen LogP contribution in [0, 0.1) is 0 Å². The number of amides is 1. The molecule has 0 atom stereocenters. The number of anilines is 3. The number of hydrogen-bond donors (Lipinski definition) is 2. The normalized spacial score (nSPS) is 11.8. The van der Waals surface area contributed by atoms with Crippen molar-refractivity contribution in [3.63, 3.8) is 0 Å². The van der Waals surface area contributed by atoms with E-state index in [0.717, 1.165) is 11.4 Å². The van der Waals surface area contributed by atoms with Gasteiger partial charge in [-0.05, 0) is 36.4 Å². The summed E-state index contributed by atoms with van der Waals surface area (Å²) < 4.78 is 10.6. The van der Waals surface area contributed by atoms with Crippen molar-refractivity contribution in [3.05, 3.63) is 72.6 Å². The minimum absolute atomic E-state index is 0.196. The predicted octanol–water partition coefficient (Wildman–Crippen LogP) is 3.81. The second-order valence-corrected chi connectivity index (χ2v) is 5.44. The Morgan fingerprint density at radius 1 is 0.880 bits per heavy atom. The van der Waals surface area contributed by atoms with Crippen LogP contribution >= 0.6 is 0 Å². The van der Waals surface area contributed by atoms with Crippen molar-refractivity contribution in [2.45, 2.75) is 0 Å². The zero-order valence-electron chi connectivity index (χ0n) is 13.2. The lowest BCUT2D eigenvalue weighted by atomic mass is 10.2. The third-order valence-electron chi connectivity index (χ3n) is 3.69. The summed E-state index contributed by atoms with van der Waals surface area (Å²) >= 11 is 0. The second-order valence-electron chi connectivity index (χ2n) is 5.44. The van der Waals surface area contributed by atoms with Crippen molar-refractivity contribution in [2.24, 2.45) is 0 Å². The van der Waals surface area contributed by atoms with Crippen molar-refractivity contribution in [3.8, 4) is 11.5 Å². The summed E-state index contributed by atoms with van der Waals surface area (Å²) in [5, 5.41) is 6.05. The lowest BCUT2D eigenvalue weighted by Gasteiger charge is -2.09. The Morgan fingerprint density at radius 3 is 2.60 bits per heavy atom. The van der Waals surface area contributed by atoms with E-state index < -0.39 is 0 Å². The number of hydrogen-bond acceptors (Lipinski definition) is 5. The average molecular weight is 333 g/mol. The van der Waals surface area contributed by atoms with Gasteiger partial charge >= 0.3 is 0 Å². The molecule has 0 saturated heterocycles. The summed E-state index contributed by atoms with van der Waals surface area (Å²) in [6, 6.07) is 18.5. The molecule has 124 valence electrons. The summed E-state index contributed by atoms with van der Waals surface area (Å²) in [6.07, 6.45) is 1.60. The highest BCUT2D eigenvalue weighted by atomic mass is 16.7. The second kappa shape index (κ2) is 6.52. The van der Waals surface area contributed by atoms with Gasteiger partial charge in [0.1, 0.15) is 5.69 Å². The van der Waals surface area contributed by atoms with Gasteiger partial charge in [0.2, 0.25) is 6.79 Å². The van der Waals surface area contributed by atoms with Gasteiger partial charge in [0.15, 0.2) is 11.5 Å². The summed E-state index contributed by atoms with van der Waals surface area (Å²) in [4.78, 5) is 16.6. The molecule has 0 bridgehead atoms. The molecule has 1 aliphatic rings. The molecule has 2 aromatic carbocycles. The van der Waals surface area contributed by atoms with E-state index in [1.54, 1.807) is 30.5 Å². The molecule has 0 fully saturated rings. The van der Waals surface area contributed by atoms with Gasteiger partial charge in [0.25, 0.3) is 5.91 Å². The number of aromatic nitrogens is 1.